The summed E-state index contributed by atoms with van der Waals surface area (Å²) in [6.07, 6.45) is 0. The SMILES string of the molecule is CCN(CC(=O)Nc1cc(S(=O)(=O)NC)ccc1C)S(=O)(=O)c1ccc(C)cc1. The molecule has 0 spiro atoms. The van der Waals surface area contributed by atoms with Gasteiger partial charge in [-0.2, -0.15) is 4.31 Å². The van der Waals surface area contributed by atoms with Crippen LogP contribution in [0.1, 0.15) is 18.1 Å². The van der Waals surface area contributed by atoms with Gasteiger partial charge in [-0.1, -0.05) is 30.7 Å². The lowest BCUT2D eigenvalue weighted by molar-refractivity contribution is -0.116. The molecule has 2 aromatic carbocycles. The topological polar surface area (TPSA) is 113 Å². The highest BCUT2D eigenvalue weighted by atomic mass is 32.2. The quantitative estimate of drug-likeness (QED) is 0.652. The molecular formula is C19H25N3O5S2. The Labute approximate surface area is 172 Å². The van der Waals surface area contributed by atoms with E-state index in [2.05, 4.69) is 10.0 Å². The predicted octanol–water partition coefficient (Wildman–Crippen LogP) is 1.86. The second-order valence-electron chi connectivity index (χ2n) is 6.48. The third kappa shape index (κ3) is 5.41. The zero-order valence-corrected chi connectivity index (χ0v) is 18.4. The first-order valence-corrected chi connectivity index (χ1v) is 11.8. The van der Waals surface area contributed by atoms with Gasteiger partial charge in [-0.15, -0.1) is 0 Å². The third-order valence-electron chi connectivity index (χ3n) is 4.39. The van der Waals surface area contributed by atoms with Crippen LogP contribution in [0.25, 0.3) is 0 Å². The van der Waals surface area contributed by atoms with E-state index in [1.54, 1.807) is 32.0 Å². The molecule has 2 aromatic rings. The summed E-state index contributed by atoms with van der Waals surface area (Å²) in [5, 5.41) is 2.61. The normalized spacial score (nSPS) is 12.2. The Morgan fingerprint density at radius 1 is 0.966 bits per heavy atom. The highest BCUT2D eigenvalue weighted by Gasteiger charge is 2.25. The summed E-state index contributed by atoms with van der Waals surface area (Å²) in [5.41, 5.74) is 1.88. The van der Waals surface area contributed by atoms with Crippen molar-refractivity contribution < 1.29 is 21.6 Å². The van der Waals surface area contributed by atoms with E-state index in [1.807, 2.05) is 6.92 Å². The van der Waals surface area contributed by atoms with Gasteiger partial charge in [0.25, 0.3) is 0 Å². The summed E-state index contributed by atoms with van der Waals surface area (Å²) in [6, 6.07) is 10.7. The number of benzene rings is 2. The average Bonchev–Trinajstić information content (AvgIpc) is 2.67. The molecule has 0 unspecified atom stereocenters. The van der Waals surface area contributed by atoms with E-state index in [4.69, 9.17) is 0 Å². The fraction of sp³-hybridized carbons (Fsp3) is 0.316. The Kier molecular flexibility index (Phi) is 7.17. The lowest BCUT2D eigenvalue weighted by Crippen LogP contribution is -2.38. The molecule has 0 bridgehead atoms. The van der Waals surface area contributed by atoms with Crippen LogP contribution in [0.3, 0.4) is 0 Å². The van der Waals surface area contributed by atoms with Gasteiger partial charge in [0.2, 0.25) is 26.0 Å². The Balaban J connectivity index is 2.23. The predicted molar refractivity (Wildman–Crippen MR) is 112 cm³/mol. The van der Waals surface area contributed by atoms with Gasteiger partial charge in [-0.05, 0) is 50.7 Å². The number of hydrogen-bond acceptors (Lipinski definition) is 5. The summed E-state index contributed by atoms with van der Waals surface area (Å²) >= 11 is 0. The Morgan fingerprint density at radius 2 is 1.55 bits per heavy atom. The van der Waals surface area contributed by atoms with E-state index in [0.717, 1.165) is 9.87 Å². The molecule has 29 heavy (non-hydrogen) atoms. The van der Waals surface area contributed by atoms with Crippen molar-refractivity contribution >= 4 is 31.6 Å². The number of nitrogens with zero attached hydrogens (tertiary/aromatic N) is 1. The largest absolute Gasteiger partial charge is 0.325 e. The van der Waals surface area contributed by atoms with Crippen molar-refractivity contribution in [2.45, 2.75) is 30.6 Å². The first kappa shape index (κ1) is 23.0. The third-order valence-corrected chi connectivity index (χ3v) is 7.74. The molecule has 0 saturated carbocycles. The van der Waals surface area contributed by atoms with Crippen molar-refractivity contribution in [3.63, 3.8) is 0 Å². The average molecular weight is 440 g/mol. The van der Waals surface area contributed by atoms with Crippen LogP contribution in [0, 0.1) is 13.8 Å². The second kappa shape index (κ2) is 9.04. The van der Waals surface area contributed by atoms with Crippen LogP contribution in [0.4, 0.5) is 5.69 Å². The summed E-state index contributed by atoms with van der Waals surface area (Å²) in [6.45, 7) is 4.93. The number of carbonyl (C=O) groups excluding carboxylic acids is 1. The molecule has 0 heterocycles. The maximum atomic E-state index is 12.8. The molecule has 0 aromatic heterocycles. The summed E-state index contributed by atoms with van der Waals surface area (Å²) in [4.78, 5) is 12.6. The van der Waals surface area contributed by atoms with Crippen LogP contribution in [-0.2, 0) is 24.8 Å². The maximum absolute atomic E-state index is 12.8. The number of nitrogens with one attached hydrogen (secondary N) is 2. The molecule has 158 valence electrons. The fourth-order valence-corrected chi connectivity index (χ4v) is 4.76. The molecule has 10 heteroatoms. The van der Waals surface area contributed by atoms with Gasteiger partial charge >= 0.3 is 0 Å². The zero-order chi connectivity index (χ0) is 21.8. The van der Waals surface area contributed by atoms with Crippen LogP contribution in [-0.4, -0.2) is 47.2 Å². The van der Waals surface area contributed by atoms with Crippen LogP contribution in [0.5, 0.6) is 0 Å². The first-order chi connectivity index (χ1) is 13.5. The number of aryl methyl sites for hydroxylation is 2. The maximum Gasteiger partial charge on any atom is 0.243 e. The molecule has 0 radical (unpaired) electrons. The zero-order valence-electron chi connectivity index (χ0n) is 16.8. The summed E-state index contributed by atoms with van der Waals surface area (Å²) in [5.74, 6) is -0.565. The van der Waals surface area contributed by atoms with Gasteiger partial charge in [0.05, 0.1) is 16.3 Å². The highest BCUT2D eigenvalue weighted by Crippen LogP contribution is 2.21. The van der Waals surface area contributed by atoms with Gasteiger partial charge in [-0.3, -0.25) is 4.79 Å². The lowest BCUT2D eigenvalue weighted by Gasteiger charge is -2.20. The Morgan fingerprint density at radius 3 is 2.10 bits per heavy atom. The number of anilines is 1. The number of carbonyl (C=O) groups is 1. The van der Waals surface area contributed by atoms with Crippen molar-refractivity contribution in [2.24, 2.45) is 0 Å². The van der Waals surface area contributed by atoms with Crippen molar-refractivity contribution in [2.75, 3.05) is 25.5 Å². The number of rotatable bonds is 8. The summed E-state index contributed by atoms with van der Waals surface area (Å²) in [7, 11) is -6.21. The molecule has 0 fully saturated rings. The van der Waals surface area contributed by atoms with E-state index in [0.29, 0.717) is 11.3 Å². The molecule has 0 saturated heterocycles. The van der Waals surface area contributed by atoms with E-state index < -0.39 is 32.5 Å². The molecule has 2 rings (SSSR count). The minimum Gasteiger partial charge on any atom is -0.325 e. The second-order valence-corrected chi connectivity index (χ2v) is 10.3. The van der Waals surface area contributed by atoms with E-state index in [1.165, 1.54) is 31.3 Å². The van der Waals surface area contributed by atoms with E-state index >= 15 is 0 Å². The minimum atomic E-state index is -3.83. The molecule has 1 amide bonds. The van der Waals surface area contributed by atoms with Crippen molar-refractivity contribution in [3.05, 3.63) is 53.6 Å². The fourth-order valence-electron chi connectivity index (χ4n) is 2.60. The standard InChI is InChI=1S/C19H25N3O5S2/c1-5-22(29(26,27)16-9-6-14(2)7-10-16)13-19(23)21-18-12-17(11-8-15(18)3)28(24,25)20-4/h6-12,20H,5,13H2,1-4H3,(H,21,23). The molecule has 0 aliphatic carbocycles. The monoisotopic (exact) mass is 439 g/mol. The highest BCUT2D eigenvalue weighted by molar-refractivity contribution is 7.89. The smallest absolute Gasteiger partial charge is 0.243 e. The minimum absolute atomic E-state index is 0.000486. The van der Waals surface area contributed by atoms with Crippen LogP contribution in [0.15, 0.2) is 52.3 Å². The van der Waals surface area contributed by atoms with Gasteiger partial charge in [0, 0.05) is 12.2 Å². The first-order valence-electron chi connectivity index (χ1n) is 8.92. The number of likely N-dealkylation sites (N-methyl/N-ethyl adjacent to an activating group) is 1. The van der Waals surface area contributed by atoms with Crippen molar-refractivity contribution in [1.82, 2.24) is 9.03 Å². The van der Waals surface area contributed by atoms with Crippen LogP contribution >= 0.6 is 0 Å². The molecule has 0 atom stereocenters. The summed E-state index contributed by atoms with van der Waals surface area (Å²) < 4.78 is 52.9. The van der Waals surface area contributed by atoms with Gasteiger partial charge in [0.1, 0.15) is 0 Å². The van der Waals surface area contributed by atoms with Crippen LogP contribution < -0.4 is 10.0 Å². The van der Waals surface area contributed by atoms with E-state index in [-0.39, 0.29) is 16.3 Å². The van der Waals surface area contributed by atoms with Gasteiger partial charge in [-0.25, -0.2) is 21.6 Å². The Hall–Kier alpha value is -2.27. The molecule has 8 nitrogen and oxygen atoms in total. The lowest BCUT2D eigenvalue weighted by atomic mass is 10.2. The number of hydrogen-bond donors (Lipinski definition) is 2. The molecule has 2 N–H and O–H groups in total. The van der Waals surface area contributed by atoms with Gasteiger partial charge in [0.15, 0.2) is 0 Å². The van der Waals surface area contributed by atoms with E-state index in [9.17, 15) is 21.6 Å². The molecule has 0 aliphatic rings. The van der Waals surface area contributed by atoms with Crippen molar-refractivity contribution in [1.29, 1.82) is 0 Å². The van der Waals surface area contributed by atoms with Gasteiger partial charge < -0.3 is 5.32 Å². The number of sulfonamides is 2. The van der Waals surface area contributed by atoms with Crippen molar-refractivity contribution in [3.8, 4) is 0 Å². The number of amides is 1. The van der Waals surface area contributed by atoms with Crippen LogP contribution in [0.2, 0.25) is 0 Å². The Bertz CT molecular complexity index is 1100. The molecule has 0 aliphatic heterocycles. The molecular weight excluding hydrogens is 414 g/mol.